The zero-order valence-corrected chi connectivity index (χ0v) is 17.9. The molecule has 1 atom stereocenters. The summed E-state index contributed by atoms with van der Waals surface area (Å²) in [6.07, 6.45) is 4.77. The smallest absolute Gasteiger partial charge is 0.286 e. The Balaban J connectivity index is 1.37. The van der Waals surface area contributed by atoms with Crippen molar-refractivity contribution >= 4 is 34.7 Å². The molecule has 10 heteroatoms. The number of benzene rings is 1. The number of amides is 3. The van der Waals surface area contributed by atoms with Crippen LogP contribution < -0.4 is 5.32 Å². The molecule has 2 fully saturated rings. The molecular weight excluding hydrogens is 421 g/mol. The van der Waals surface area contributed by atoms with E-state index < -0.39 is 11.7 Å². The third-order valence-electron chi connectivity index (χ3n) is 5.63. The number of piperidine rings is 2. The van der Waals surface area contributed by atoms with Crippen LogP contribution in [-0.2, 0) is 4.79 Å². The number of halogens is 1. The number of hydrogen-bond acceptors (Lipinski definition) is 6. The van der Waals surface area contributed by atoms with Crippen molar-refractivity contribution < 1.29 is 18.8 Å². The monoisotopic (exact) mass is 445 g/mol. The summed E-state index contributed by atoms with van der Waals surface area (Å²) in [6.45, 7) is 2.52. The minimum Gasteiger partial charge on any atom is -0.342 e. The lowest BCUT2D eigenvalue weighted by Crippen LogP contribution is -2.47. The molecule has 4 rings (SSSR count). The first-order valence-corrected chi connectivity index (χ1v) is 11.3. The Labute approximate surface area is 183 Å². The zero-order valence-electron chi connectivity index (χ0n) is 17.1. The van der Waals surface area contributed by atoms with Gasteiger partial charge in [0, 0.05) is 31.9 Å². The Bertz CT molecular complexity index is 958. The van der Waals surface area contributed by atoms with Crippen LogP contribution in [0.3, 0.4) is 0 Å². The molecule has 1 aromatic heterocycles. The SMILES string of the molecule is O=C(Nc1ccc(F)cc1)c1nnc(C(=O)N2CCC[C@@H](C(=O)N3CCCCC3)C2)s1. The zero-order chi connectivity index (χ0) is 21.8. The molecule has 0 radical (unpaired) electrons. The molecule has 3 heterocycles. The first-order valence-electron chi connectivity index (χ1n) is 10.5. The maximum absolute atomic E-state index is 13.0. The van der Waals surface area contributed by atoms with E-state index in [0.717, 1.165) is 56.5 Å². The van der Waals surface area contributed by atoms with E-state index in [1.165, 1.54) is 24.3 Å². The van der Waals surface area contributed by atoms with Crippen LogP contribution in [0.2, 0.25) is 0 Å². The van der Waals surface area contributed by atoms with Crippen LogP contribution in [0.25, 0.3) is 0 Å². The van der Waals surface area contributed by atoms with E-state index in [2.05, 4.69) is 15.5 Å². The Morgan fingerprint density at radius 1 is 0.935 bits per heavy atom. The van der Waals surface area contributed by atoms with Gasteiger partial charge in [-0.25, -0.2) is 4.39 Å². The topological polar surface area (TPSA) is 95.5 Å². The predicted octanol–water partition coefficient (Wildman–Crippen LogP) is 2.79. The van der Waals surface area contributed by atoms with Crippen molar-refractivity contribution in [2.75, 3.05) is 31.5 Å². The number of anilines is 1. The third kappa shape index (κ3) is 5.07. The van der Waals surface area contributed by atoms with Gasteiger partial charge in [-0.05, 0) is 56.4 Å². The lowest BCUT2D eigenvalue weighted by molar-refractivity contribution is -0.137. The number of hydrogen-bond donors (Lipinski definition) is 1. The minimum atomic E-state index is -0.514. The van der Waals surface area contributed by atoms with Crippen LogP contribution in [0.1, 0.15) is 51.7 Å². The summed E-state index contributed by atoms with van der Waals surface area (Å²) >= 11 is 0.908. The summed E-state index contributed by atoms with van der Waals surface area (Å²) in [4.78, 5) is 41.7. The molecule has 3 amide bonds. The maximum atomic E-state index is 13.0. The summed E-state index contributed by atoms with van der Waals surface area (Å²) < 4.78 is 13.0. The number of carbonyl (C=O) groups is 3. The van der Waals surface area contributed by atoms with Gasteiger partial charge in [-0.3, -0.25) is 14.4 Å². The molecule has 0 bridgehead atoms. The molecule has 0 saturated carbocycles. The highest BCUT2D eigenvalue weighted by molar-refractivity contribution is 7.15. The molecule has 2 saturated heterocycles. The summed E-state index contributed by atoms with van der Waals surface area (Å²) in [5.41, 5.74) is 0.421. The van der Waals surface area contributed by atoms with Crippen molar-refractivity contribution in [3.8, 4) is 0 Å². The van der Waals surface area contributed by atoms with E-state index in [-0.39, 0.29) is 27.7 Å². The van der Waals surface area contributed by atoms with Crippen molar-refractivity contribution in [2.24, 2.45) is 5.92 Å². The van der Waals surface area contributed by atoms with Crippen LogP contribution >= 0.6 is 11.3 Å². The molecule has 0 aliphatic carbocycles. The normalized spacial score (nSPS) is 19.2. The van der Waals surface area contributed by atoms with E-state index in [1.807, 2.05) is 4.90 Å². The number of rotatable bonds is 4. The highest BCUT2D eigenvalue weighted by Crippen LogP contribution is 2.23. The fraction of sp³-hybridized carbons (Fsp3) is 0.476. The number of likely N-dealkylation sites (tertiary alicyclic amines) is 2. The van der Waals surface area contributed by atoms with Gasteiger partial charge < -0.3 is 15.1 Å². The molecule has 0 spiro atoms. The molecule has 1 N–H and O–H groups in total. The Morgan fingerprint density at radius 2 is 1.61 bits per heavy atom. The quantitative estimate of drug-likeness (QED) is 0.781. The third-order valence-corrected chi connectivity index (χ3v) is 6.54. The van der Waals surface area contributed by atoms with Crippen LogP contribution in [0.5, 0.6) is 0 Å². The van der Waals surface area contributed by atoms with Crippen molar-refractivity contribution in [1.29, 1.82) is 0 Å². The molecule has 8 nitrogen and oxygen atoms in total. The minimum absolute atomic E-state index is 0.0469. The lowest BCUT2D eigenvalue weighted by Gasteiger charge is -2.35. The number of nitrogens with zero attached hydrogens (tertiary/aromatic N) is 4. The van der Waals surface area contributed by atoms with Crippen LogP contribution in [0.4, 0.5) is 10.1 Å². The first kappa shape index (κ1) is 21.4. The van der Waals surface area contributed by atoms with Gasteiger partial charge in [0.05, 0.1) is 5.92 Å². The number of nitrogens with one attached hydrogen (secondary N) is 1. The van der Waals surface area contributed by atoms with E-state index in [9.17, 15) is 18.8 Å². The van der Waals surface area contributed by atoms with Crippen molar-refractivity contribution in [3.63, 3.8) is 0 Å². The van der Waals surface area contributed by atoms with Crippen LogP contribution in [-0.4, -0.2) is 63.9 Å². The molecule has 0 unspecified atom stereocenters. The summed E-state index contributed by atoms with van der Waals surface area (Å²) in [7, 11) is 0. The van der Waals surface area contributed by atoms with Gasteiger partial charge in [0.15, 0.2) is 0 Å². The summed E-state index contributed by atoms with van der Waals surface area (Å²) in [6, 6.07) is 5.35. The maximum Gasteiger partial charge on any atom is 0.286 e. The van der Waals surface area contributed by atoms with Crippen LogP contribution in [0, 0.1) is 11.7 Å². The lowest BCUT2D eigenvalue weighted by atomic mass is 9.95. The highest BCUT2D eigenvalue weighted by Gasteiger charge is 2.33. The van der Waals surface area contributed by atoms with Gasteiger partial charge in [-0.2, -0.15) is 0 Å². The number of aromatic nitrogens is 2. The fourth-order valence-corrected chi connectivity index (χ4v) is 4.70. The summed E-state index contributed by atoms with van der Waals surface area (Å²) in [5, 5.41) is 10.5. The average Bonchev–Trinajstić information content (AvgIpc) is 3.31. The molecule has 2 aliphatic heterocycles. The van der Waals surface area contributed by atoms with E-state index >= 15 is 0 Å². The molecule has 164 valence electrons. The van der Waals surface area contributed by atoms with Gasteiger partial charge in [0.25, 0.3) is 11.8 Å². The molecule has 2 aromatic rings. The van der Waals surface area contributed by atoms with Gasteiger partial charge in [0.2, 0.25) is 15.9 Å². The van der Waals surface area contributed by atoms with Gasteiger partial charge in [-0.1, -0.05) is 11.3 Å². The molecule has 1 aromatic carbocycles. The van der Waals surface area contributed by atoms with E-state index in [0.29, 0.717) is 18.8 Å². The van der Waals surface area contributed by atoms with Crippen molar-refractivity contribution in [1.82, 2.24) is 20.0 Å². The standard InChI is InChI=1S/C21H24FN5O3S/c22-15-6-8-16(9-7-15)23-17(28)18-24-25-19(31-18)21(30)27-12-4-5-14(13-27)20(29)26-10-2-1-3-11-26/h6-9,14H,1-5,10-13H2,(H,23,28)/t14-/m1/s1. The second-order valence-corrected chi connectivity index (χ2v) is 8.83. The first-order chi connectivity index (χ1) is 15.0. The van der Waals surface area contributed by atoms with Gasteiger partial charge >= 0.3 is 0 Å². The van der Waals surface area contributed by atoms with Gasteiger partial charge in [0.1, 0.15) is 5.82 Å². The predicted molar refractivity (Wildman–Crippen MR) is 113 cm³/mol. The van der Waals surface area contributed by atoms with Crippen molar-refractivity contribution in [2.45, 2.75) is 32.1 Å². The van der Waals surface area contributed by atoms with Gasteiger partial charge in [-0.15, -0.1) is 10.2 Å². The molecular formula is C21H24FN5O3S. The summed E-state index contributed by atoms with van der Waals surface area (Å²) in [5.74, 6) is -1.28. The molecule has 31 heavy (non-hydrogen) atoms. The Morgan fingerprint density at radius 3 is 2.35 bits per heavy atom. The van der Waals surface area contributed by atoms with E-state index in [1.54, 1.807) is 4.90 Å². The van der Waals surface area contributed by atoms with Crippen LogP contribution in [0.15, 0.2) is 24.3 Å². The fourth-order valence-electron chi connectivity index (χ4n) is 3.99. The number of carbonyl (C=O) groups excluding carboxylic acids is 3. The second kappa shape index (κ2) is 9.51. The second-order valence-electron chi connectivity index (χ2n) is 7.85. The highest BCUT2D eigenvalue weighted by atomic mass is 32.1. The average molecular weight is 446 g/mol. The largest absolute Gasteiger partial charge is 0.342 e. The van der Waals surface area contributed by atoms with E-state index in [4.69, 9.17) is 0 Å². The molecule has 2 aliphatic rings. The Hall–Kier alpha value is -2.88. The Kier molecular flexibility index (Phi) is 6.55. The van der Waals surface area contributed by atoms with Crippen molar-refractivity contribution in [3.05, 3.63) is 40.1 Å².